The number of imide groups is 1. The number of hydrogen-bond donors (Lipinski definition) is 1. The van der Waals surface area contributed by atoms with Gasteiger partial charge in [0.1, 0.15) is 5.70 Å². The van der Waals surface area contributed by atoms with E-state index in [1.165, 1.54) is 4.90 Å². The minimum atomic E-state index is -0.377. The van der Waals surface area contributed by atoms with Crippen molar-refractivity contribution in [2.45, 2.75) is 27.7 Å². The lowest BCUT2D eigenvalue weighted by molar-refractivity contribution is -0.120. The molecular weight excluding hydrogens is 408 g/mol. The van der Waals surface area contributed by atoms with E-state index >= 15 is 0 Å². The molecule has 1 N–H and O–H groups in total. The van der Waals surface area contributed by atoms with Gasteiger partial charge in [0, 0.05) is 10.7 Å². The van der Waals surface area contributed by atoms with Crippen LogP contribution in [0.25, 0.3) is 5.57 Å². The van der Waals surface area contributed by atoms with Crippen molar-refractivity contribution >= 4 is 40.4 Å². The Morgan fingerprint density at radius 1 is 0.742 bits per heavy atom. The van der Waals surface area contributed by atoms with Gasteiger partial charge < -0.3 is 5.32 Å². The molecule has 156 valence electrons. The summed E-state index contributed by atoms with van der Waals surface area (Å²) in [4.78, 5) is 28.3. The van der Waals surface area contributed by atoms with Crippen LogP contribution in [-0.4, -0.2) is 11.8 Å². The van der Waals surface area contributed by atoms with Crippen molar-refractivity contribution in [3.05, 3.63) is 99.2 Å². The van der Waals surface area contributed by atoms with Gasteiger partial charge >= 0.3 is 0 Å². The van der Waals surface area contributed by atoms with E-state index in [-0.39, 0.29) is 17.5 Å². The maximum Gasteiger partial charge on any atom is 0.282 e. The van der Waals surface area contributed by atoms with Crippen molar-refractivity contribution in [2.24, 2.45) is 0 Å². The third-order valence-electron chi connectivity index (χ3n) is 5.48. The maximum absolute atomic E-state index is 13.6. The molecule has 5 heteroatoms. The van der Waals surface area contributed by atoms with Crippen molar-refractivity contribution in [1.29, 1.82) is 0 Å². The molecule has 3 aromatic carbocycles. The molecule has 1 aliphatic rings. The van der Waals surface area contributed by atoms with Crippen LogP contribution in [-0.2, 0) is 9.59 Å². The van der Waals surface area contributed by atoms with Crippen LogP contribution in [0.5, 0.6) is 0 Å². The lowest BCUT2D eigenvalue weighted by atomic mass is 9.97. The highest BCUT2D eigenvalue weighted by Crippen LogP contribution is 2.36. The zero-order valence-electron chi connectivity index (χ0n) is 17.9. The predicted octanol–water partition coefficient (Wildman–Crippen LogP) is 5.97. The summed E-state index contributed by atoms with van der Waals surface area (Å²) in [5, 5.41) is 3.84. The van der Waals surface area contributed by atoms with Crippen LogP contribution in [0.3, 0.4) is 0 Å². The Morgan fingerprint density at radius 2 is 1.42 bits per heavy atom. The van der Waals surface area contributed by atoms with Crippen LogP contribution in [0.4, 0.5) is 11.4 Å². The van der Waals surface area contributed by atoms with E-state index in [1.807, 2.05) is 70.2 Å². The van der Waals surface area contributed by atoms with Crippen LogP contribution in [0.1, 0.15) is 27.8 Å². The topological polar surface area (TPSA) is 49.4 Å². The monoisotopic (exact) mass is 430 g/mol. The molecule has 0 aliphatic carbocycles. The van der Waals surface area contributed by atoms with Gasteiger partial charge in [-0.05, 0) is 74.7 Å². The first-order valence-electron chi connectivity index (χ1n) is 10.1. The van der Waals surface area contributed by atoms with Gasteiger partial charge in [-0.15, -0.1) is 0 Å². The van der Waals surface area contributed by atoms with E-state index in [0.717, 1.165) is 33.5 Å². The van der Waals surface area contributed by atoms with Gasteiger partial charge in [0.25, 0.3) is 11.8 Å². The Hall–Kier alpha value is -3.37. The van der Waals surface area contributed by atoms with Gasteiger partial charge in [-0.3, -0.25) is 9.59 Å². The molecule has 31 heavy (non-hydrogen) atoms. The number of nitrogens with one attached hydrogen (secondary N) is 1. The van der Waals surface area contributed by atoms with Gasteiger partial charge in [0.15, 0.2) is 0 Å². The highest BCUT2D eigenvalue weighted by Gasteiger charge is 2.40. The molecule has 0 radical (unpaired) electrons. The summed E-state index contributed by atoms with van der Waals surface area (Å²) in [6.45, 7) is 7.83. The van der Waals surface area contributed by atoms with E-state index in [9.17, 15) is 9.59 Å². The van der Waals surface area contributed by atoms with Gasteiger partial charge in [-0.1, -0.05) is 53.1 Å². The number of amides is 2. The third kappa shape index (κ3) is 3.87. The predicted molar refractivity (Wildman–Crippen MR) is 126 cm³/mol. The van der Waals surface area contributed by atoms with Crippen LogP contribution in [0.15, 0.2) is 66.4 Å². The summed E-state index contributed by atoms with van der Waals surface area (Å²) < 4.78 is 0. The molecule has 1 heterocycles. The molecular formula is C26H23ClN2O2. The lowest BCUT2D eigenvalue weighted by Gasteiger charge is -2.16. The Morgan fingerprint density at radius 3 is 2.06 bits per heavy atom. The first kappa shape index (κ1) is 20.9. The Balaban J connectivity index is 1.87. The van der Waals surface area contributed by atoms with Gasteiger partial charge in [0.05, 0.1) is 11.3 Å². The molecule has 0 saturated carbocycles. The zero-order chi connectivity index (χ0) is 22.3. The highest BCUT2D eigenvalue weighted by atomic mass is 35.5. The molecule has 0 aromatic heterocycles. The molecule has 0 spiro atoms. The van der Waals surface area contributed by atoms with Crippen molar-refractivity contribution in [3.63, 3.8) is 0 Å². The summed E-state index contributed by atoms with van der Waals surface area (Å²) >= 11 is 6.09. The second-order valence-corrected chi connectivity index (χ2v) is 8.37. The van der Waals surface area contributed by atoms with E-state index < -0.39 is 0 Å². The number of halogens is 1. The molecule has 4 rings (SSSR count). The van der Waals surface area contributed by atoms with E-state index in [4.69, 9.17) is 11.6 Å². The Labute approximate surface area is 187 Å². The summed E-state index contributed by atoms with van der Waals surface area (Å²) in [7, 11) is 0. The molecule has 0 bridgehead atoms. The lowest BCUT2D eigenvalue weighted by Crippen LogP contribution is -2.32. The second kappa shape index (κ2) is 8.05. The molecule has 4 nitrogen and oxygen atoms in total. The first-order valence-corrected chi connectivity index (χ1v) is 10.4. The van der Waals surface area contributed by atoms with Crippen LogP contribution in [0.2, 0.25) is 5.02 Å². The molecule has 0 atom stereocenters. The van der Waals surface area contributed by atoms with E-state index in [0.29, 0.717) is 16.3 Å². The number of carbonyl (C=O) groups excluding carboxylic acids is 2. The second-order valence-electron chi connectivity index (χ2n) is 7.93. The third-order valence-corrected chi connectivity index (χ3v) is 5.71. The number of hydrogen-bond acceptors (Lipinski definition) is 3. The summed E-state index contributed by atoms with van der Waals surface area (Å²) in [5.41, 5.74) is 6.63. The SMILES string of the molecule is Cc1ccc(N2C(=O)C(Nc3ccc(Cl)cc3C)=C(c3ccc(C)cc3C)C2=O)cc1. The summed E-state index contributed by atoms with van der Waals surface area (Å²) in [6, 6.07) is 18.6. The summed E-state index contributed by atoms with van der Waals surface area (Å²) in [5.74, 6) is -0.715. The van der Waals surface area contributed by atoms with Gasteiger partial charge in [-0.2, -0.15) is 0 Å². The van der Waals surface area contributed by atoms with Gasteiger partial charge in [-0.25, -0.2) is 4.90 Å². The highest BCUT2D eigenvalue weighted by molar-refractivity contribution is 6.46. The molecule has 3 aromatic rings. The number of carbonyl (C=O) groups is 2. The fourth-order valence-corrected chi connectivity index (χ4v) is 4.05. The number of rotatable bonds is 4. The average molecular weight is 431 g/mol. The fourth-order valence-electron chi connectivity index (χ4n) is 3.82. The molecule has 0 fully saturated rings. The normalized spacial score (nSPS) is 13.9. The molecule has 0 unspecified atom stereocenters. The zero-order valence-corrected chi connectivity index (χ0v) is 18.7. The van der Waals surface area contributed by atoms with Crippen molar-refractivity contribution in [1.82, 2.24) is 0 Å². The smallest absolute Gasteiger partial charge is 0.282 e. The molecule has 2 amide bonds. The number of nitrogens with zero attached hydrogens (tertiary/aromatic N) is 1. The number of benzene rings is 3. The largest absolute Gasteiger partial charge is 0.350 e. The van der Waals surface area contributed by atoms with Crippen LogP contribution >= 0.6 is 11.6 Å². The maximum atomic E-state index is 13.6. The quantitative estimate of drug-likeness (QED) is 0.518. The Bertz CT molecular complexity index is 1240. The average Bonchev–Trinajstić information content (AvgIpc) is 2.95. The van der Waals surface area contributed by atoms with E-state index in [1.54, 1.807) is 18.2 Å². The van der Waals surface area contributed by atoms with Crippen molar-refractivity contribution in [2.75, 3.05) is 10.2 Å². The molecule has 1 aliphatic heterocycles. The van der Waals surface area contributed by atoms with Crippen molar-refractivity contribution in [3.8, 4) is 0 Å². The van der Waals surface area contributed by atoms with Crippen molar-refractivity contribution < 1.29 is 9.59 Å². The standard InChI is InChI=1S/C26H23ClN2O2/c1-15-5-9-20(10-6-15)29-25(30)23(21-11-7-16(2)13-17(21)3)24(26(29)31)28-22-12-8-19(27)14-18(22)4/h5-14,28H,1-4H3. The minimum Gasteiger partial charge on any atom is -0.350 e. The van der Waals surface area contributed by atoms with Crippen LogP contribution in [0, 0.1) is 27.7 Å². The van der Waals surface area contributed by atoms with Gasteiger partial charge in [0.2, 0.25) is 0 Å². The van der Waals surface area contributed by atoms with E-state index in [2.05, 4.69) is 5.32 Å². The molecule has 0 saturated heterocycles. The fraction of sp³-hybridized carbons (Fsp3) is 0.154. The number of anilines is 2. The number of aryl methyl sites for hydroxylation is 4. The van der Waals surface area contributed by atoms with Crippen LogP contribution < -0.4 is 10.2 Å². The summed E-state index contributed by atoms with van der Waals surface area (Å²) in [6.07, 6.45) is 0. The first-order chi connectivity index (χ1) is 14.8. The minimum absolute atomic E-state index is 0.267. The Kier molecular flexibility index (Phi) is 5.42.